The Hall–Kier alpha value is -0.910. The predicted octanol–water partition coefficient (Wildman–Crippen LogP) is 2.00. The smallest absolute Gasteiger partial charge is 0.345 e. The molecule has 0 amide bonds. The van der Waals surface area contributed by atoms with Gasteiger partial charge in [0.15, 0.2) is 0 Å². The van der Waals surface area contributed by atoms with Gasteiger partial charge in [-0.15, -0.1) is 11.3 Å². The molecule has 3 N–H and O–H groups in total. The Morgan fingerprint density at radius 2 is 2.28 bits per heavy atom. The molecule has 0 spiro atoms. The minimum atomic E-state index is -0.867. The maximum Gasteiger partial charge on any atom is 0.345 e. The van der Waals surface area contributed by atoms with Gasteiger partial charge in [-0.3, -0.25) is 0 Å². The first-order valence-corrected chi connectivity index (χ1v) is 6.88. The van der Waals surface area contributed by atoms with E-state index < -0.39 is 5.97 Å². The minimum Gasteiger partial charge on any atom is -0.477 e. The Labute approximate surface area is 111 Å². The SMILES string of the molecule is Cc1sc(C(=O)O)cc1CNC1CC(O)C1(C)C. The third-order valence-corrected chi connectivity index (χ3v) is 5.07. The van der Waals surface area contributed by atoms with Crippen LogP contribution in [0.4, 0.5) is 0 Å². The van der Waals surface area contributed by atoms with Crippen molar-refractivity contribution in [2.45, 2.75) is 45.9 Å². The zero-order chi connectivity index (χ0) is 13.5. The Morgan fingerprint density at radius 3 is 2.72 bits per heavy atom. The molecule has 0 saturated heterocycles. The summed E-state index contributed by atoms with van der Waals surface area (Å²) in [7, 11) is 0. The van der Waals surface area contributed by atoms with Gasteiger partial charge in [-0.1, -0.05) is 13.8 Å². The van der Waals surface area contributed by atoms with Gasteiger partial charge in [0.1, 0.15) is 4.88 Å². The summed E-state index contributed by atoms with van der Waals surface area (Å²) in [6.45, 7) is 6.69. The van der Waals surface area contributed by atoms with Crippen LogP contribution in [0.15, 0.2) is 6.07 Å². The summed E-state index contributed by atoms with van der Waals surface area (Å²) >= 11 is 1.31. The first-order valence-electron chi connectivity index (χ1n) is 6.06. The quantitative estimate of drug-likeness (QED) is 0.782. The number of aryl methyl sites for hydroxylation is 1. The van der Waals surface area contributed by atoms with Crippen molar-refractivity contribution in [2.75, 3.05) is 0 Å². The lowest BCUT2D eigenvalue weighted by Crippen LogP contribution is -2.59. The molecule has 0 radical (unpaired) electrons. The second kappa shape index (κ2) is 4.64. The molecule has 0 bridgehead atoms. The van der Waals surface area contributed by atoms with Crippen molar-refractivity contribution in [1.29, 1.82) is 0 Å². The van der Waals surface area contributed by atoms with E-state index in [-0.39, 0.29) is 11.5 Å². The molecular formula is C13H19NO3S. The average molecular weight is 269 g/mol. The molecule has 4 nitrogen and oxygen atoms in total. The molecule has 1 aromatic heterocycles. The molecule has 2 atom stereocenters. The summed E-state index contributed by atoms with van der Waals surface area (Å²) in [6, 6.07) is 2.03. The molecular weight excluding hydrogens is 250 g/mol. The monoisotopic (exact) mass is 269 g/mol. The Bertz CT molecular complexity index is 467. The van der Waals surface area contributed by atoms with Crippen LogP contribution in [0.5, 0.6) is 0 Å². The van der Waals surface area contributed by atoms with Crippen LogP contribution < -0.4 is 5.32 Å². The zero-order valence-electron chi connectivity index (χ0n) is 10.9. The Morgan fingerprint density at radius 1 is 1.61 bits per heavy atom. The first-order chi connectivity index (χ1) is 8.32. The molecule has 0 aromatic carbocycles. The average Bonchev–Trinajstić information content (AvgIpc) is 2.66. The summed E-state index contributed by atoms with van der Waals surface area (Å²) in [4.78, 5) is 12.3. The van der Waals surface area contributed by atoms with Crippen molar-refractivity contribution < 1.29 is 15.0 Å². The number of carbonyl (C=O) groups is 1. The van der Waals surface area contributed by atoms with E-state index in [1.54, 1.807) is 6.07 Å². The van der Waals surface area contributed by atoms with E-state index in [9.17, 15) is 9.90 Å². The van der Waals surface area contributed by atoms with Crippen molar-refractivity contribution >= 4 is 17.3 Å². The number of aromatic carboxylic acids is 1. The van der Waals surface area contributed by atoms with Crippen LogP contribution in [-0.2, 0) is 6.54 Å². The van der Waals surface area contributed by atoms with Gasteiger partial charge in [0.2, 0.25) is 0 Å². The van der Waals surface area contributed by atoms with E-state index in [1.165, 1.54) is 11.3 Å². The van der Waals surface area contributed by atoms with Gasteiger partial charge in [0.25, 0.3) is 0 Å². The molecule has 0 aliphatic heterocycles. The van der Waals surface area contributed by atoms with Gasteiger partial charge < -0.3 is 15.5 Å². The second-order valence-corrected chi connectivity index (χ2v) is 6.76. The lowest BCUT2D eigenvalue weighted by molar-refractivity contribution is -0.0729. The Balaban J connectivity index is 1.97. The number of carboxylic acid groups (broad SMARTS) is 1. The topological polar surface area (TPSA) is 69.6 Å². The third-order valence-electron chi connectivity index (χ3n) is 3.99. The van der Waals surface area contributed by atoms with Gasteiger partial charge in [-0.05, 0) is 25.0 Å². The van der Waals surface area contributed by atoms with Crippen LogP contribution in [0.2, 0.25) is 0 Å². The molecule has 2 rings (SSSR count). The van der Waals surface area contributed by atoms with Crippen LogP contribution in [0.25, 0.3) is 0 Å². The van der Waals surface area contributed by atoms with E-state index in [1.807, 2.05) is 20.8 Å². The van der Waals surface area contributed by atoms with E-state index >= 15 is 0 Å². The number of carboxylic acids is 1. The number of rotatable bonds is 4. The summed E-state index contributed by atoms with van der Waals surface area (Å²) in [5.41, 5.74) is 0.939. The highest BCUT2D eigenvalue weighted by Gasteiger charge is 2.46. The molecule has 2 unspecified atom stereocenters. The summed E-state index contributed by atoms with van der Waals surface area (Å²) in [5.74, 6) is -0.867. The molecule has 1 fully saturated rings. The summed E-state index contributed by atoms with van der Waals surface area (Å²) in [6.07, 6.45) is 0.523. The third kappa shape index (κ3) is 2.30. The predicted molar refractivity (Wildman–Crippen MR) is 71.0 cm³/mol. The highest BCUT2D eigenvalue weighted by atomic mass is 32.1. The standard InChI is InChI=1S/C13H19NO3S/c1-7-8(4-9(18-7)12(16)17)6-14-10-5-11(15)13(10,2)3/h4,10-11,14-15H,5-6H2,1-3H3,(H,16,17). The minimum absolute atomic E-state index is 0.0977. The van der Waals surface area contributed by atoms with Gasteiger partial charge in [-0.2, -0.15) is 0 Å². The van der Waals surface area contributed by atoms with Crippen molar-refractivity contribution in [3.8, 4) is 0 Å². The molecule has 5 heteroatoms. The molecule has 1 saturated carbocycles. The maximum atomic E-state index is 10.9. The number of aliphatic hydroxyl groups excluding tert-OH is 1. The summed E-state index contributed by atoms with van der Waals surface area (Å²) < 4.78 is 0. The second-order valence-electron chi connectivity index (χ2n) is 5.50. The van der Waals surface area contributed by atoms with E-state index in [0.717, 1.165) is 16.9 Å². The number of aliphatic hydroxyl groups is 1. The number of nitrogens with one attached hydrogen (secondary N) is 1. The number of thiophene rings is 1. The molecule has 1 aliphatic rings. The largest absolute Gasteiger partial charge is 0.477 e. The van der Waals surface area contributed by atoms with Gasteiger partial charge in [0.05, 0.1) is 6.10 Å². The van der Waals surface area contributed by atoms with Crippen molar-refractivity contribution in [1.82, 2.24) is 5.32 Å². The van der Waals surface area contributed by atoms with Crippen LogP contribution in [0.1, 0.15) is 40.4 Å². The zero-order valence-corrected chi connectivity index (χ0v) is 11.7. The van der Waals surface area contributed by atoms with Gasteiger partial charge >= 0.3 is 5.97 Å². The van der Waals surface area contributed by atoms with E-state index in [4.69, 9.17) is 5.11 Å². The van der Waals surface area contributed by atoms with Crippen LogP contribution in [0, 0.1) is 12.3 Å². The van der Waals surface area contributed by atoms with Crippen molar-refractivity contribution in [3.63, 3.8) is 0 Å². The Kier molecular flexibility index (Phi) is 3.49. The molecule has 1 aromatic rings. The van der Waals surface area contributed by atoms with Crippen molar-refractivity contribution in [2.24, 2.45) is 5.41 Å². The number of hydrogen-bond acceptors (Lipinski definition) is 4. The molecule has 100 valence electrons. The van der Waals surface area contributed by atoms with E-state index in [2.05, 4.69) is 5.32 Å². The fourth-order valence-electron chi connectivity index (χ4n) is 2.28. The van der Waals surface area contributed by atoms with Gasteiger partial charge in [-0.25, -0.2) is 4.79 Å². The van der Waals surface area contributed by atoms with Crippen LogP contribution in [0.3, 0.4) is 0 Å². The normalized spacial score (nSPS) is 25.8. The summed E-state index contributed by atoms with van der Waals surface area (Å²) in [5, 5.41) is 22.0. The fraction of sp³-hybridized carbons (Fsp3) is 0.615. The molecule has 18 heavy (non-hydrogen) atoms. The fourth-order valence-corrected chi connectivity index (χ4v) is 3.16. The van der Waals surface area contributed by atoms with E-state index in [0.29, 0.717) is 17.5 Å². The highest BCUT2D eigenvalue weighted by molar-refractivity contribution is 7.14. The lowest BCUT2D eigenvalue weighted by Gasteiger charge is -2.49. The maximum absolute atomic E-state index is 10.9. The molecule has 1 heterocycles. The van der Waals surface area contributed by atoms with Crippen LogP contribution >= 0.6 is 11.3 Å². The van der Waals surface area contributed by atoms with Gasteiger partial charge in [0, 0.05) is 22.9 Å². The highest BCUT2D eigenvalue weighted by Crippen LogP contribution is 2.40. The lowest BCUT2D eigenvalue weighted by atomic mass is 9.64. The number of hydrogen-bond donors (Lipinski definition) is 3. The molecule has 1 aliphatic carbocycles. The van der Waals surface area contributed by atoms with Crippen LogP contribution in [-0.4, -0.2) is 28.3 Å². The van der Waals surface area contributed by atoms with Crippen molar-refractivity contribution in [3.05, 3.63) is 21.4 Å². The first kappa shape index (κ1) is 13.5.